The van der Waals surface area contributed by atoms with E-state index in [0.29, 0.717) is 29.1 Å². The van der Waals surface area contributed by atoms with Crippen LogP contribution in [0.4, 0.5) is 13.2 Å². The number of aromatic nitrogens is 3. The monoisotopic (exact) mass is 404 g/mol. The second kappa shape index (κ2) is 8.65. The molecule has 2 aromatic heterocycles. The zero-order valence-electron chi connectivity index (χ0n) is 16.5. The average Bonchev–Trinajstić information content (AvgIpc) is 3.11. The third-order valence-corrected chi connectivity index (χ3v) is 4.58. The van der Waals surface area contributed by atoms with E-state index in [1.807, 2.05) is 7.05 Å². The van der Waals surface area contributed by atoms with E-state index in [1.165, 1.54) is 6.20 Å². The van der Waals surface area contributed by atoms with Crippen LogP contribution in [0.5, 0.6) is 11.5 Å². The number of rotatable bonds is 7. The lowest BCUT2D eigenvalue weighted by atomic mass is 9.98. The van der Waals surface area contributed by atoms with Gasteiger partial charge in [-0.25, -0.2) is 0 Å². The Morgan fingerprint density at radius 3 is 2.66 bits per heavy atom. The highest BCUT2D eigenvalue weighted by molar-refractivity contribution is 5.70. The number of nitrogens with zero attached hydrogens (tertiary/aromatic N) is 3. The number of ether oxygens (including phenoxy) is 1. The number of alkyl halides is 3. The number of aromatic amines is 1. The van der Waals surface area contributed by atoms with Crippen LogP contribution in [-0.4, -0.2) is 33.7 Å². The molecule has 0 unspecified atom stereocenters. The predicted molar refractivity (Wildman–Crippen MR) is 105 cm³/mol. The maximum atomic E-state index is 13.6. The highest BCUT2D eigenvalue weighted by Gasteiger charge is 2.33. The molecular weight excluding hydrogens is 381 g/mol. The van der Waals surface area contributed by atoms with E-state index in [1.54, 1.807) is 31.5 Å². The SMILES string of the molecule is CCCN(C)Cc1cn[nH]c1-c1cc(C(F)(F)F)cc(Oc2cccnc2)c1C. The second-order valence-electron chi connectivity index (χ2n) is 6.94. The predicted octanol–water partition coefficient (Wildman–Crippen LogP) is 5.43. The normalized spacial score (nSPS) is 11.8. The topological polar surface area (TPSA) is 54.0 Å². The number of H-pyrrole nitrogens is 1. The summed E-state index contributed by atoms with van der Waals surface area (Å²) in [6.07, 6.45) is 1.16. The molecule has 1 aromatic carbocycles. The minimum atomic E-state index is -4.51. The van der Waals surface area contributed by atoms with Crippen LogP contribution in [0.3, 0.4) is 0 Å². The molecule has 1 N–H and O–H groups in total. The van der Waals surface area contributed by atoms with Crippen molar-refractivity contribution in [2.45, 2.75) is 33.0 Å². The highest BCUT2D eigenvalue weighted by atomic mass is 19.4. The lowest BCUT2D eigenvalue weighted by Gasteiger charge is -2.18. The van der Waals surface area contributed by atoms with E-state index in [9.17, 15) is 13.2 Å². The Morgan fingerprint density at radius 1 is 1.21 bits per heavy atom. The Morgan fingerprint density at radius 2 is 2.00 bits per heavy atom. The Bertz CT molecular complexity index is 954. The molecule has 29 heavy (non-hydrogen) atoms. The van der Waals surface area contributed by atoms with Crippen molar-refractivity contribution in [2.75, 3.05) is 13.6 Å². The van der Waals surface area contributed by atoms with Gasteiger partial charge in [-0.2, -0.15) is 18.3 Å². The van der Waals surface area contributed by atoms with E-state index >= 15 is 0 Å². The van der Waals surface area contributed by atoms with Gasteiger partial charge >= 0.3 is 6.18 Å². The van der Waals surface area contributed by atoms with E-state index < -0.39 is 11.7 Å². The molecule has 0 fully saturated rings. The maximum Gasteiger partial charge on any atom is 0.416 e. The van der Waals surface area contributed by atoms with Crippen molar-refractivity contribution in [3.63, 3.8) is 0 Å². The molecule has 0 aliphatic carbocycles. The fourth-order valence-corrected chi connectivity index (χ4v) is 3.17. The molecule has 0 aliphatic heterocycles. The van der Waals surface area contributed by atoms with Crippen molar-refractivity contribution in [3.8, 4) is 22.8 Å². The first-order valence-electron chi connectivity index (χ1n) is 9.30. The summed E-state index contributed by atoms with van der Waals surface area (Å²) in [6, 6.07) is 5.47. The number of hydrogen-bond donors (Lipinski definition) is 1. The summed E-state index contributed by atoms with van der Waals surface area (Å²) < 4.78 is 46.4. The van der Waals surface area contributed by atoms with Crippen LogP contribution < -0.4 is 4.74 Å². The van der Waals surface area contributed by atoms with Gasteiger partial charge in [0, 0.05) is 29.4 Å². The summed E-state index contributed by atoms with van der Waals surface area (Å²) in [5.41, 5.74) is 1.62. The minimum absolute atomic E-state index is 0.130. The summed E-state index contributed by atoms with van der Waals surface area (Å²) in [5, 5.41) is 6.94. The molecular formula is C21H23F3N4O. The average molecular weight is 404 g/mol. The van der Waals surface area contributed by atoms with E-state index in [2.05, 4.69) is 27.0 Å². The van der Waals surface area contributed by atoms with E-state index in [4.69, 9.17) is 4.74 Å². The van der Waals surface area contributed by atoms with Crippen molar-refractivity contribution in [1.82, 2.24) is 20.1 Å². The van der Waals surface area contributed by atoms with Gasteiger partial charge in [0.05, 0.1) is 23.7 Å². The fraction of sp³-hybridized carbons (Fsp3) is 0.333. The Hall–Kier alpha value is -2.87. The van der Waals surface area contributed by atoms with Gasteiger partial charge in [-0.3, -0.25) is 10.1 Å². The number of halogens is 3. The first-order chi connectivity index (χ1) is 13.8. The van der Waals surface area contributed by atoms with Gasteiger partial charge in [0.25, 0.3) is 0 Å². The standard InChI is InChI=1S/C21H23F3N4O/c1-4-8-28(3)13-15-11-26-27-20(15)18-9-16(21(22,23)24)10-19(14(18)2)29-17-6-5-7-25-12-17/h5-7,9-12H,4,8,13H2,1-3H3,(H,26,27). The highest BCUT2D eigenvalue weighted by Crippen LogP contribution is 2.40. The molecule has 0 aliphatic rings. The zero-order valence-corrected chi connectivity index (χ0v) is 16.5. The van der Waals surface area contributed by atoms with Crippen molar-refractivity contribution in [2.24, 2.45) is 0 Å². The third-order valence-electron chi connectivity index (χ3n) is 4.58. The van der Waals surface area contributed by atoms with Crippen molar-refractivity contribution in [1.29, 1.82) is 0 Å². The van der Waals surface area contributed by atoms with Crippen LogP contribution in [0.2, 0.25) is 0 Å². The molecule has 3 rings (SSSR count). The van der Waals surface area contributed by atoms with Gasteiger partial charge in [-0.1, -0.05) is 6.92 Å². The van der Waals surface area contributed by atoms with Crippen LogP contribution in [0.25, 0.3) is 11.3 Å². The molecule has 0 bridgehead atoms. The number of benzene rings is 1. The summed E-state index contributed by atoms with van der Waals surface area (Å²) in [6.45, 7) is 5.27. The molecule has 0 saturated carbocycles. The first kappa shape index (κ1) is 20.9. The number of hydrogen-bond acceptors (Lipinski definition) is 4. The van der Waals surface area contributed by atoms with Gasteiger partial charge in [-0.05, 0) is 51.2 Å². The van der Waals surface area contributed by atoms with Crippen LogP contribution in [0.1, 0.15) is 30.0 Å². The molecule has 0 saturated heterocycles. The largest absolute Gasteiger partial charge is 0.455 e. The molecule has 8 heteroatoms. The second-order valence-corrected chi connectivity index (χ2v) is 6.94. The van der Waals surface area contributed by atoms with Gasteiger partial charge in [0.15, 0.2) is 0 Å². The van der Waals surface area contributed by atoms with Crippen LogP contribution in [0.15, 0.2) is 42.9 Å². The van der Waals surface area contributed by atoms with E-state index in [0.717, 1.165) is 30.7 Å². The number of pyridine rings is 1. The summed E-state index contributed by atoms with van der Waals surface area (Å²) in [5.74, 6) is 0.499. The lowest BCUT2D eigenvalue weighted by Crippen LogP contribution is -2.18. The number of nitrogens with one attached hydrogen (secondary N) is 1. The van der Waals surface area contributed by atoms with Gasteiger partial charge in [0.2, 0.25) is 0 Å². The Labute approximate surface area is 167 Å². The van der Waals surface area contributed by atoms with Gasteiger partial charge in [0.1, 0.15) is 11.5 Å². The molecule has 3 aromatic rings. The quantitative estimate of drug-likeness (QED) is 0.570. The molecule has 0 radical (unpaired) electrons. The third kappa shape index (κ3) is 4.95. The summed E-state index contributed by atoms with van der Waals surface area (Å²) in [7, 11) is 1.97. The molecule has 0 amide bonds. The van der Waals surface area contributed by atoms with Crippen molar-refractivity contribution in [3.05, 3.63) is 59.5 Å². The van der Waals surface area contributed by atoms with Crippen molar-refractivity contribution < 1.29 is 17.9 Å². The molecule has 5 nitrogen and oxygen atoms in total. The molecule has 0 atom stereocenters. The fourth-order valence-electron chi connectivity index (χ4n) is 3.17. The zero-order chi connectivity index (χ0) is 21.0. The summed E-state index contributed by atoms with van der Waals surface area (Å²) >= 11 is 0. The van der Waals surface area contributed by atoms with Gasteiger partial charge < -0.3 is 9.64 Å². The molecule has 0 spiro atoms. The van der Waals surface area contributed by atoms with Crippen LogP contribution in [0, 0.1) is 6.92 Å². The van der Waals surface area contributed by atoms with Crippen molar-refractivity contribution >= 4 is 0 Å². The maximum absolute atomic E-state index is 13.6. The Balaban J connectivity index is 2.07. The van der Waals surface area contributed by atoms with E-state index in [-0.39, 0.29) is 5.75 Å². The van der Waals surface area contributed by atoms with Crippen LogP contribution in [-0.2, 0) is 12.7 Å². The van der Waals surface area contributed by atoms with Gasteiger partial charge in [-0.15, -0.1) is 0 Å². The Kier molecular flexibility index (Phi) is 6.22. The lowest BCUT2D eigenvalue weighted by molar-refractivity contribution is -0.137. The molecule has 154 valence electrons. The molecule has 2 heterocycles. The smallest absolute Gasteiger partial charge is 0.416 e. The minimum Gasteiger partial charge on any atom is -0.455 e. The van der Waals surface area contributed by atoms with Crippen LogP contribution >= 0.6 is 0 Å². The summed E-state index contributed by atoms with van der Waals surface area (Å²) in [4.78, 5) is 6.05. The first-order valence-corrected chi connectivity index (χ1v) is 9.30.